The summed E-state index contributed by atoms with van der Waals surface area (Å²) < 4.78 is 32.5. The first-order valence-corrected chi connectivity index (χ1v) is 12.4. The Kier molecular flexibility index (Phi) is 7.16. The van der Waals surface area contributed by atoms with Gasteiger partial charge in [0.05, 0.1) is 4.90 Å². The van der Waals surface area contributed by atoms with Crippen molar-refractivity contribution in [3.05, 3.63) is 41.0 Å². The van der Waals surface area contributed by atoms with E-state index in [4.69, 9.17) is 4.52 Å². The second-order valence-electron chi connectivity index (χ2n) is 8.15. The summed E-state index contributed by atoms with van der Waals surface area (Å²) in [4.78, 5) is 18.0. The highest BCUT2D eigenvalue weighted by molar-refractivity contribution is 7.89. The predicted molar refractivity (Wildman–Crippen MR) is 117 cm³/mol. The molecule has 0 atom stereocenters. The number of benzene rings is 1. The zero-order valence-electron chi connectivity index (χ0n) is 18.8. The number of nitrogens with zero attached hydrogens (tertiary/aromatic N) is 3. The van der Waals surface area contributed by atoms with Gasteiger partial charge in [-0.3, -0.25) is 4.79 Å². The van der Waals surface area contributed by atoms with Crippen LogP contribution in [0.15, 0.2) is 27.6 Å². The minimum atomic E-state index is -3.66. The molecule has 0 aliphatic heterocycles. The standard InChI is InChI=1S/C22H32N4O4S/c1-5-26(6-2)31(28,29)18-12-11-16(3)19(15-18)20(27)24-22(13-9-7-8-10-14-22)21-23-17(4)30-25-21/h11-12,15H,5-10,13-14H2,1-4H3,(H,24,27). The Morgan fingerprint density at radius 3 is 2.32 bits per heavy atom. The predicted octanol–water partition coefficient (Wildman–Crippen LogP) is 3.70. The van der Waals surface area contributed by atoms with Gasteiger partial charge in [-0.1, -0.05) is 50.8 Å². The van der Waals surface area contributed by atoms with Crippen LogP contribution in [0.4, 0.5) is 0 Å². The number of nitrogens with one attached hydrogen (secondary N) is 1. The van der Waals surface area contributed by atoms with Gasteiger partial charge in [-0.25, -0.2) is 8.42 Å². The zero-order chi connectivity index (χ0) is 22.6. The van der Waals surface area contributed by atoms with Crippen LogP contribution in [0.2, 0.25) is 0 Å². The molecule has 3 rings (SSSR count). The van der Waals surface area contributed by atoms with Gasteiger partial charge in [-0.15, -0.1) is 0 Å². The lowest BCUT2D eigenvalue weighted by molar-refractivity contribution is 0.0876. The van der Waals surface area contributed by atoms with Gasteiger partial charge in [-0.05, 0) is 37.5 Å². The summed E-state index contributed by atoms with van der Waals surface area (Å²) in [5.74, 6) is 0.625. The molecule has 1 aromatic heterocycles. The molecule has 1 N–H and O–H groups in total. The van der Waals surface area contributed by atoms with Crippen molar-refractivity contribution >= 4 is 15.9 Å². The molecule has 0 radical (unpaired) electrons. The smallest absolute Gasteiger partial charge is 0.252 e. The summed E-state index contributed by atoms with van der Waals surface area (Å²) in [6, 6.07) is 4.72. The van der Waals surface area contributed by atoms with Crippen molar-refractivity contribution in [2.24, 2.45) is 0 Å². The van der Waals surface area contributed by atoms with Gasteiger partial charge in [0.1, 0.15) is 5.54 Å². The van der Waals surface area contributed by atoms with E-state index in [0.717, 1.165) is 25.7 Å². The number of sulfonamides is 1. The average Bonchev–Trinajstić information content (AvgIpc) is 3.04. The summed E-state index contributed by atoms with van der Waals surface area (Å²) in [5, 5.41) is 7.28. The maximum Gasteiger partial charge on any atom is 0.252 e. The number of aromatic nitrogens is 2. The average molecular weight is 449 g/mol. The normalized spacial score (nSPS) is 16.8. The van der Waals surface area contributed by atoms with Crippen LogP contribution in [0, 0.1) is 13.8 Å². The molecule has 0 unspecified atom stereocenters. The number of aryl methyl sites for hydroxylation is 2. The van der Waals surface area contributed by atoms with E-state index in [0.29, 0.717) is 48.8 Å². The van der Waals surface area contributed by atoms with Crippen LogP contribution < -0.4 is 5.32 Å². The monoisotopic (exact) mass is 448 g/mol. The Labute approximate surface area is 184 Å². The molecule has 0 bridgehead atoms. The van der Waals surface area contributed by atoms with Crippen molar-refractivity contribution in [1.82, 2.24) is 19.8 Å². The molecule has 8 nitrogen and oxygen atoms in total. The minimum absolute atomic E-state index is 0.122. The van der Waals surface area contributed by atoms with Crippen molar-refractivity contribution in [1.29, 1.82) is 0 Å². The third-order valence-electron chi connectivity index (χ3n) is 6.06. The van der Waals surface area contributed by atoms with E-state index in [-0.39, 0.29) is 10.8 Å². The first kappa shape index (κ1) is 23.4. The van der Waals surface area contributed by atoms with Crippen molar-refractivity contribution in [3.8, 4) is 0 Å². The molecule has 9 heteroatoms. The van der Waals surface area contributed by atoms with Crippen molar-refractivity contribution < 1.29 is 17.7 Å². The van der Waals surface area contributed by atoms with Crippen LogP contribution in [0.5, 0.6) is 0 Å². The Morgan fingerprint density at radius 1 is 1.13 bits per heavy atom. The zero-order valence-corrected chi connectivity index (χ0v) is 19.6. The highest BCUT2D eigenvalue weighted by Gasteiger charge is 2.39. The van der Waals surface area contributed by atoms with Gasteiger partial charge in [-0.2, -0.15) is 9.29 Å². The molecule has 0 spiro atoms. The summed E-state index contributed by atoms with van der Waals surface area (Å²) in [5.41, 5.74) is 0.340. The van der Waals surface area contributed by atoms with E-state index in [1.807, 2.05) is 0 Å². The van der Waals surface area contributed by atoms with E-state index in [1.165, 1.54) is 10.4 Å². The first-order chi connectivity index (χ1) is 14.7. The molecule has 1 saturated carbocycles. The molecule has 1 aromatic carbocycles. The number of carbonyl (C=O) groups excluding carboxylic acids is 1. The first-order valence-electron chi connectivity index (χ1n) is 11.0. The molecule has 1 heterocycles. The van der Waals surface area contributed by atoms with Crippen LogP contribution in [0.1, 0.15) is 80.0 Å². The maximum atomic E-state index is 13.4. The van der Waals surface area contributed by atoms with E-state index >= 15 is 0 Å². The summed E-state index contributed by atoms with van der Waals surface area (Å²) >= 11 is 0. The van der Waals surface area contributed by atoms with E-state index < -0.39 is 15.6 Å². The molecule has 31 heavy (non-hydrogen) atoms. The van der Waals surface area contributed by atoms with Gasteiger partial charge >= 0.3 is 0 Å². The van der Waals surface area contributed by atoms with Gasteiger partial charge < -0.3 is 9.84 Å². The fourth-order valence-corrected chi connectivity index (χ4v) is 5.72. The fourth-order valence-electron chi connectivity index (χ4n) is 4.23. The molecule has 1 amide bonds. The third-order valence-corrected chi connectivity index (χ3v) is 8.11. The lowest BCUT2D eigenvalue weighted by Gasteiger charge is -2.31. The Hall–Kier alpha value is -2.26. The van der Waals surface area contributed by atoms with Crippen LogP contribution in [-0.2, 0) is 15.6 Å². The molecule has 2 aromatic rings. The highest BCUT2D eigenvalue weighted by Crippen LogP contribution is 2.35. The van der Waals surface area contributed by atoms with Gasteiger partial charge in [0, 0.05) is 25.6 Å². The van der Waals surface area contributed by atoms with E-state index in [1.54, 1.807) is 39.8 Å². The summed E-state index contributed by atoms with van der Waals surface area (Å²) in [6.45, 7) is 7.87. The highest BCUT2D eigenvalue weighted by atomic mass is 32.2. The van der Waals surface area contributed by atoms with Gasteiger partial charge in [0.15, 0.2) is 5.82 Å². The third kappa shape index (κ3) is 4.82. The van der Waals surface area contributed by atoms with Gasteiger partial charge in [0.2, 0.25) is 15.9 Å². The largest absolute Gasteiger partial charge is 0.340 e. The lowest BCUT2D eigenvalue weighted by Crippen LogP contribution is -2.46. The van der Waals surface area contributed by atoms with Crippen molar-refractivity contribution in [3.63, 3.8) is 0 Å². The molecule has 1 fully saturated rings. The second kappa shape index (κ2) is 9.48. The summed E-state index contributed by atoms with van der Waals surface area (Å²) in [6.07, 6.45) is 5.50. The number of amides is 1. The summed E-state index contributed by atoms with van der Waals surface area (Å²) in [7, 11) is -3.66. The number of rotatable bonds is 7. The lowest BCUT2D eigenvalue weighted by atomic mass is 9.88. The number of carbonyl (C=O) groups is 1. The maximum absolute atomic E-state index is 13.4. The molecular weight excluding hydrogens is 416 g/mol. The quantitative estimate of drug-likeness (QED) is 0.648. The molecule has 170 valence electrons. The van der Waals surface area contributed by atoms with Crippen LogP contribution in [-0.4, -0.2) is 41.9 Å². The van der Waals surface area contributed by atoms with Crippen LogP contribution in [0.3, 0.4) is 0 Å². The van der Waals surface area contributed by atoms with Crippen LogP contribution >= 0.6 is 0 Å². The second-order valence-corrected chi connectivity index (χ2v) is 10.1. The Bertz CT molecular complexity index is 1020. The molecule has 0 saturated heterocycles. The van der Waals surface area contributed by atoms with Gasteiger partial charge in [0.25, 0.3) is 5.91 Å². The SMILES string of the molecule is CCN(CC)S(=O)(=O)c1ccc(C)c(C(=O)NC2(c3noc(C)n3)CCCCCC2)c1. The minimum Gasteiger partial charge on any atom is -0.340 e. The molecule has 1 aliphatic rings. The van der Waals surface area contributed by atoms with Crippen molar-refractivity contribution in [2.45, 2.75) is 76.7 Å². The molecule has 1 aliphatic carbocycles. The van der Waals surface area contributed by atoms with Crippen molar-refractivity contribution in [2.75, 3.05) is 13.1 Å². The molecular formula is C22H32N4O4S. The van der Waals surface area contributed by atoms with Crippen LogP contribution in [0.25, 0.3) is 0 Å². The Morgan fingerprint density at radius 2 is 1.77 bits per heavy atom. The number of hydrogen-bond acceptors (Lipinski definition) is 6. The Balaban J connectivity index is 1.97. The fraction of sp³-hybridized carbons (Fsp3) is 0.591. The topological polar surface area (TPSA) is 105 Å². The number of hydrogen-bond donors (Lipinski definition) is 1. The van der Waals surface area contributed by atoms with E-state index in [9.17, 15) is 13.2 Å². The van der Waals surface area contributed by atoms with E-state index in [2.05, 4.69) is 15.5 Å².